The largest absolute Gasteiger partial charge is 0.389 e. The summed E-state index contributed by atoms with van der Waals surface area (Å²) in [6.07, 6.45) is 2.15. The maximum Gasteiger partial charge on any atom is 0.249 e. The fourth-order valence-electron chi connectivity index (χ4n) is 2.11. The van der Waals surface area contributed by atoms with Gasteiger partial charge in [0.1, 0.15) is 16.8 Å². The molecule has 0 aliphatic carbocycles. The second-order valence-corrected chi connectivity index (χ2v) is 4.64. The number of anilines is 1. The zero-order chi connectivity index (χ0) is 14.0. The van der Waals surface area contributed by atoms with Gasteiger partial charge in [0, 0.05) is 6.20 Å². The Morgan fingerprint density at radius 1 is 1.63 bits per heavy atom. The lowest BCUT2D eigenvalue weighted by Gasteiger charge is -2.35. The molecule has 1 aliphatic heterocycles. The first-order valence-corrected chi connectivity index (χ1v) is 6.30. The third-order valence-electron chi connectivity index (χ3n) is 2.97. The molecule has 1 aromatic rings. The molecule has 6 nitrogen and oxygen atoms in total. The number of rotatable bonds is 3. The number of nitrogens with one attached hydrogen (secondary N) is 1. The molecule has 0 radical (unpaired) electrons. The van der Waals surface area contributed by atoms with Crippen molar-refractivity contribution < 1.29 is 9.59 Å². The van der Waals surface area contributed by atoms with Crippen LogP contribution in [0.5, 0.6) is 0 Å². The Labute approximate surface area is 116 Å². The Morgan fingerprint density at radius 3 is 3.00 bits per heavy atom. The highest BCUT2D eigenvalue weighted by molar-refractivity contribution is 7.80. The number of nitrogens with two attached hydrogens (primary N) is 1. The number of hydrogen-bond acceptors (Lipinski definition) is 5. The van der Waals surface area contributed by atoms with Crippen LogP contribution in [0.25, 0.3) is 0 Å². The smallest absolute Gasteiger partial charge is 0.249 e. The number of thiocarbonyl (C=S) groups is 1. The van der Waals surface area contributed by atoms with Gasteiger partial charge < -0.3 is 10.6 Å². The lowest BCUT2D eigenvalue weighted by molar-refractivity contribution is -0.132. The van der Waals surface area contributed by atoms with Gasteiger partial charge in [0.2, 0.25) is 11.8 Å². The van der Waals surface area contributed by atoms with Gasteiger partial charge in [-0.3, -0.25) is 14.9 Å². The maximum absolute atomic E-state index is 11.8. The zero-order valence-electron chi connectivity index (χ0n) is 10.4. The predicted molar refractivity (Wildman–Crippen MR) is 74.7 cm³/mol. The first kappa shape index (κ1) is 13.4. The van der Waals surface area contributed by atoms with Crippen LogP contribution in [0.15, 0.2) is 18.3 Å². The molecule has 1 saturated heterocycles. The fourth-order valence-corrected chi connectivity index (χ4v) is 2.27. The van der Waals surface area contributed by atoms with E-state index in [9.17, 15) is 9.59 Å². The second kappa shape index (κ2) is 5.31. The zero-order valence-corrected chi connectivity index (χ0v) is 11.2. The molecule has 0 saturated carbocycles. The molecular weight excluding hydrogens is 264 g/mol. The molecule has 1 unspecified atom stereocenters. The molecular formula is C12H14N4O2S. The van der Waals surface area contributed by atoms with Crippen molar-refractivity contribution in [1.29, 1.82) is 0 Å². The summed E-state index contributed by atoms with van der Waals surface area (Å²) >= 11 is 4.98. The van der Waals surface area contributed by atoms with Gasteiger partial charge in [-0.2, -0.15) is 0 Å². The van der Waals surface area contributed by atoms with Crippen molar-refractivity contribution in [3.63, 3.8) is 0 Å². The summed E-state index contributed by atoms with van der Waals surface area (Å²) < 4.78 is 0. The van der Waals surface area contributed by atoms with Gasteiger partial charge in [0.05, 0.1) is 12.1 Å². The molecule has 0 aromatic carbocycles. The minimum absolute atomic E-state index is 0.0663. The van der Waals surface area contributed by atoms with E-state index in [-0.39, 0.29) is 23.3 Å². The third-order valence-corrected chi connectivity index (χ3v) is 3.19. The summed E-state index contributed by atoms with van der Waals surface area (Å²) in [5.74, 6) is -0.197. The van der Waals surface area contributed by atoms with E-state index in [1.54, 1.807) is 23.2 Å². The lowest BCUT2D eigenvalue weighted by atomic mass is 10.1. The summed E-state index contributed by atoms with van der Waals surface area (Å²) in [6, 6.07) is 3.00. The average Bonchev–Trinajstić information content (AvgIpc) is 2.37. The second-order valence-electron chi connectivity index (χ2n) is 4.20. The van der Waals surface area contributed by atoms with Crippen molar-refractivity contribution in [2.45, 2.75) is 19.4 Å². The number of hydrogen-bond donors (Lipinski definition) is 2. The van der Waals surface area contributed by atoms with Crippen LogP contribution in [0.2, 0.25) is 0 Å². The number of piperazine rings is 1. The number of amides is 2. The van der Waals surface area contributed by atoms with Gasteiger partial charge >= 0.3 is 0 Å². The van der Waals surface area contributed by atoms with Gasteiger partial charge in [-0.05, 0) is 18.6 Å². The van der Waals surface area contributed by atoms with Gasteiger partial charge in [-0.15, -0.1) is 0 Å². The quantitative estimate of drug-likeness (QED) is 0.595. The van der Waals surface area contributed by atoms with Crippen LogP contribution in [0.1, 0.15) is 18.9 Å². The number of imide groups is 1. The van der Waals surface area contributed by atoms with Crippen molar-refractivity contribution >= 4 is 34.8 Å². The fraction of sp³-hybridized carbons (Fsp3) is 0.333. The molecule has 2 amide bonds. The van der Waals surface area contributed by atoms with Crippen LogP contribution in [0.3, 0.4) is 0 Å². The van der Waals surface area contributed by atoms with Crippen LogP contribution in [0, 0.1) is 0 Å². The summed E-state index contributed by atoms with van der Waals surface area (Å²) in [7, 11) is 0. The van der Waals surface area contributed by atoms with E-state index in [4.69, 9.17) is 18.0 Å². The summed E-state index contributed by atoms with van der Waals surface area (Å²) in [5.41, 5.74) is 6.22. The standard InChI is InChI=1S/C12H14N4O2S/c1-2-8-12(18)15-9(17)6-16(8)11-7(10(13)19)4-3-5-14-11/h3-5,8H,2,6H2,1H3,(H2,13,19)(H,15,17,18). The minimum atomic E-state index is -0.444. The molecule has 1 aromatic heterocycles. The number of carbonyl (C=O) groups is 2. The molecule has 1 aliphatic rings. The lowest BCUT2D eigenvalue weighted by Crippen LogP contribution is -2.58. The Hall–Kier alpha value is -2.02. The Kier molecular flexibility index (Phi) is 3.75. The monoisotopic (exact) mass is 278 g/mol. The third kappa shape index (κ3) is 2.55. The van der Waals surface area contributed by atoms with Crippen molar-refractivity contribution in [2.75, 3.05) is 11.4 Å². The molecule has 2 rings (SSSR count). The minimum Gasteiger partial charge on any atom is -0.389 e. The van der Waals surface area contributed by atoms with Crippen molar-refractivity contribution in [3.05, 3.63) is 23.9 Å². The van der Waals surface area contributed by atoms with Crippen LogP contribution in [-0.2, 0) is 9.59 Å². The molecule has 7 heteroatoms. The van der Waals surface area contributed by atoms with Crippen molar-refractivity contribution in [1.82, 2.24) is 10.3 Å². The summed E-state index contributed by atoms with van der Waals surface area (Å²) in [6.45, 7) is 1.94. The van der Waals surface area contributed by atoms with Crippen molar-refractivity contribution in [3.8, 4) is 0 Å². The van der Waals surface area contributed by atoms with Crippen molar-refractivity contribution in [2.24, 2.45) is 5.73 Å². The number of nitrogens with zero attached hydrogens (tertiary/aromatic N) is 2. The van der Waals surface area contributed by atoms with E-state index in [0.29, 0.717) is 17.8 Å². The number of pyridine rings is 1. The average molecular weight is 278 g/mol. The maximum atomic E-state index is 11.8. The van der Waals surface area contributed by atoms with Gasteiger partial charge in [-0.1, -0.05) is 19.1 Å². The van der Waals surface area contributed by atoms with Gasteiger partial charge in [0.15, 0.2) is 0 Å². The number of carbonyl (C=O) groups excluding carboxylic acids is 2. The van der Waals surface area contributed by atoms with Crippen LogP contribution < -0.4 is 16.0 Å². The normalized spacial score (nSPS) is 19.2. The molecule has 0 spiro atoms. The first-order valence-electron chi connectivity index (χ1n) is 5.89. The summed E-state index contributed by atoms with van der Waals surface area (Å²) in [4.78, 5) is 29.4. The van der Waals surface area contributed by atoms with Crippen LogP contribution >= 0.6 is 12.2 Å². The van der Waals surface area contributed by atoms with E-state index in [1.807, 2.05) is 6.92 Å². The van der Waals surface area contributed by atoms with E-state index in [0.717, 1.165) is 0 Å². The SMILES string of the molecule is CCC1C(=O)NC(=O)CN1c1ncccc1C(N)=S. The van der Waals surface area contributed by atoms with Crippen LogP contribution in [0.4, 0.5) is 5.82 Å². The molecule has 3 N–H and O–H groups in total. The van der Waals surface area contributed by atoms with Gasteiger partial charge in [-0.25, -0.2) is 4.98 Å². The van der Waals surface area contributed by atoms with E-state index < -0.39 is 6.04 Å². The van der Waals surface area contributed by atoms with E-state index >= 15 is 0 Å². The molecule has 19 heavy (non-hydrogen) atoms. The Balaban J connectivity index is 2.46. The highest BCUT2D eigenvalue weighted by atomic mass is 32.1. The topological polar surface area (TPSA) is 88.3 Å². The Bertz CT molecular complexity index is 546. The molecule has 1 atom stereocenters. The van der Waals surface area contributed by atoms with Crippen LogP contribution in [-0.4, -0.2) is 34.4 Å². The predicted octanol–water partition coefficient (Wildman–Crippen LogP) is -0.0428. The van der Waals surface area contributed by atoms with E-state index in [1.165, 1.54) is 0 Å². The Morgan fingerprint density at radius 2 is 2.37 bits per heavy atom. The van der Waals surface area contributed by atoms with Gasteiger partial charge in [0.25, 0.3) is 0 Å². The van der Waals surface area contributed by atoms with E-state index in [2.05, 4.69) is 10.3 Å². The highest BCUT2D eigenvalue weighted by Gasteiger charge is 2.34. The molecule has 1 fully saturated rings. The first-order chi connectivity index (χ1) is 9.04. The molecule has 2 heterocycles. The number of aromatic nitrogens is 1. The molecule has 0 bridgehead atoms. The summed E-state index contributed by atoms with van der Waals surface area (Å²) in [5, 5.41) is 2.32. The molecule has 100 valence electrons. The highest BCUT2D eigenvalue weighted by Crippen LogP contribution is 2.22.